The Balaban J connectivity index is 0.920. The quantitative estimate of drug-likeness (QED) is 0.0908. The van der Waals surface area contributed by atoms with Crippen LogP contribution in [0, 0.1) is 6.33 Å². The lowest BCUT2D eigenvalue weighted by Gasteiger charge is -2.34. The number of fused-ring (bicyclic) bond motifs is 7. The average Bonchev–Trinajstić information content (AvgIpc) is 4.04. The molecule has 354 valence electrons. The maximum Gasteiger partial charge on any atom is 0.269 e. The number of rotatable bonds is 7. The van der Waals surface area contributed by atoms with Crippen LogP contribution in [0.1, 0.15) is 51.3 Å². The van der Waals surface area contributed by atoms with Gasteiger partial charge in [-0.1, -0.05) is 192 Å². The minimum Gasteiger partial charge on any atom is -0.458 e. The molecule has 0 atom stereocenters. The lowest BCUT2D eigenvalue weighted by molar-refractivity contribution is -0.571. The summed E-state index contributed by atoms with van der Waals surface area (Å²) in [5, 5.41) is 2.27. The van der Waals surface area contributed by atoms with Crippen LogP contribution >= 0.6 is 0 Å². The summed E-state index contributed by atoms with van der Waals surface area (Å²) in [6.45, 7) is 11.4. The van der Waals surface area contributed by atoms with Gasteiger partial charge < -0.3 is 9.47 Å². The molecule has 0 bridgehead atoms. The Morgan fingerprint density at radius 3 is 1.93 bits per heavy atom. The Kier molecular flexibility index (Phi) is 9.80. The van der Waals surface area contributed by atoms with Crippen LogP contribution in [0.25, 0.3) is 72.3 Å². The average molecular weight is 955 g/mol. The van der Waals surface area contributed by atoms with Gasteiger partial charge >= 0.3 is 0 Å². The first-order valence-corrected chi connectivity index (χ1v) is 25.6. The van der Waals surface area contributed by atoms with Crippen molar-refractivity contribution in [2.24, 2.45) is 0 Å². The monoisotopic (exact) mass is 954 g/mol. The Labute approximate surface area is 431 Å². The van der Waals surface area contributed by atoms with E-state index in [1.807, 2.05) is 18.3 Å². The van der Waals surface area contributed by atoms with E-state index in [2.05, 4.69) is 255 Å². The Morgan fingerprint density at radius 2 is 1.23 bits per heavy atom. The highest BCUT2D eigenvalue weighted by atomic mass is 16.5. The summed E-state index contributed by atoms with van der Waals surface area (Å²) < 4.78 is 20.3. The molecule has 3 aromatic heterocycles. The van der Waals surface area contributed by atoms with Gasteiger partial charge in [-0.05, 0) is 110 Å². The van der Waals surface area contributed by atoms with Crippen molar-refractivity contribution in [2.75, 3.05) is 0 Å². The molecule has 0 aliphatic carbocycles. The summed E-state index contributed by atoms with van der Waals surface area (Å²) in [6, 6.07) is 75.8. The highest BCUT2D eigenvalue weighted by Gasteiger charge is 2.36. The zero-order chi connectivity index (χ0) is 49.9. The predicted molar refractivity (Wildman–Crippen MR) is 302 cm³/mol. The molecule has 0 fully saturated rings. The summed E-state index contributed by atoms with van der Waals surface area (Å²) in [5.74, 6) is 4.12. The largest absolute Gasteiger partial charge is 0.458 e. The van der Waals surface area contributed by atoms with Gasteiger partial charge in [-0.25, -0.2) is 4.98 Å². The first kappa shape index (κ1) is 43.8. The van der Waals surface area contributed by atoms with Gasteiger partial charge in [0.15, 0.2) is 0 Å². The van der Waals surface area contributed by atoms with E-state index >= 15 is 0 Å². The molecule has 0 spiro atoms. The van der Waals surface area contributed by atoms with Crippen molar-refractivity contribution >= 4 is 55.9 Å². The molecule has 9 aromatic carbocycles. The van der Waals surface area contributed by atoms with Crippen LogP contribution in [0.15, 0.2) is 219 Å². The van der Waals surface area contributed by atoms with Crippen molar-refractivity contribution in [3.8, 4) is 62.4 Å². The summed E-state index contributed by atoms with van der Waals surface area (Å²) in [6.07, 6.45) is 5.87. The first-order chi connectivity index (χ1) is 36.1. The van der Waals surface area contributed by atoms with Crippen LogP contribution in [0.3, 0.4) is 0 Å². The van der Waals surface area contributed by atoms with Crippen molar-refractivity contribution in [3.05, 3.63) is 242 Å². The molecule has 7 heteroatoms. The van der Waals surface area contributed by atoms with E-state index in [-0.39, 0.29) is 17.5 Å². The molecule has 0 amide bonds. The van der Waals surface area contributed by atoms with Gasteiger partial charge in [0.2, 0.25) is 0 Å². The SMILES string of the molecule is CC(C)(C)c1ccnc(-n2c3ccc(B4c5ccccc5Oc5ccccc54)cc3c3ccc(Oc4ccc5c(c4)-n4[c-][n+](-c6c(-c7ccccc7)cccc6-c6ccccc6)c6cccc(c64)C5(C)C)cc32)c1. The summed E-state index contributed by atoms with van der Waals surface area (Å²) in [5.41, 5.74) is 17.8. The van der Waals surface area contributed by atoms with E-state index in [1.54, 1.807) is 0 Å². The van der Waals surface area contributed by atoms with Gasteiger partial charge in [-0.3, -0.25) is 13.7 Å². The molecule has 0 unspecified atom stereocenters. The summed E-state index contributed by atoms with van der Waals surface area (Å²) >= 11 is 0. The van der Waals surface area contributed by atoms with Crippen molar-refractivity contribution in [1.82, 2.24) is 14.1 Å². The fraction of sp³-hybridized carbons (Fsp3) is 0.104. The van der Waals surface area contributed by atoms with Gasteiger partial charge in [0.25, 0.3) is 13.0 Å². The molecule has 0 radical (unpaired) electrons. The molecule has 12 aromatic rings. The lowest BCUT2D eigenvalue weighted by Crippen LogP contribution is -2.54. The van der Waals surface area contributed by atoms with Crippen molar-refractivity contribution in [2.45, 2.75) is 45.4 Å². The van der Waals surface area contributed by atoms with Crippen LogP contribution in [0.2, 0.25) is 0 Å². The van der Waals surface area contributed by atoms with Crippen LogP contribution in [0.4, 0.5) is 0 Å². The molecular formula is C67H51BN4O2. The van der Waals surface area contributed by atoms with Crippen LogP contribution in [-0.4, -0.2) is 20.8 Å². The van der Waals surface area contributed by atoms with Crippen molar-refractivity contribution < 1.29 is 14.0 Å². The summed E-state index contributed by atoms with van der Waals surface area (Å²) in [4.78, 5) is 5.05. The number of imidazole rings is 1. The van der Waals surface area contributed by atoms with Crippen molar-refractivity contribution in [1.29, 1.82) is 0 Å². The van der Waals surface area contributed by atoms with Crippen LogP contribution in [-0.2, 0) is 10.8 Å². The van der Waals surface area contributed by atoms with E-state index in [0.717, 1.165) is 106 Å². The molecule has 74 heavy (non-hydrogen) atoms. The number of benzene rings is 9. The summed E-state index contributed by atoms with van der Waals surface area (Å²) in [7, 11) is 0. The van der Waals surface area contributed by atoms with Crippen LogP contribution in [0.5, 0.6) is 23.0 Å². The minimum atomic E-state index is -0.309. The second-order valence-electron chi connectivity index (χ2n) is 21.3. The molecular weight excluding hydrogens is 904 g/mol. The third-order valence-corrected chi connectivity index (χ3v) is 15.5. The number of para-hydroxylation sites is 4. The number of hydrogen-bond donors (Lipinski definition) is 0. The van der Waals surface area contributed by atoms with E-state index in [9.17, 15) is 0 Å². The molecule has 2 aliphatic rings. The molecule has 0 saturated heterocycles. The Morgan fingerprint density at radius 1 is 0.581 bits per heavy atom. The number of ether oxygens (including phenoxy) is 2. The zero-order valence-electron chi connectivity index (χ0n) is 42.0. The Bertz CT molecular complexity index is 4120. The molecule has 0 N–H and O–H groups in total. The zero-order valence-corrected chi connectivity index (χ0v) is 42.0. The Hall–Kier alpha value is -8.94. The molecule has 0 saturated carbocycles. The van der Waals surface area contributed by atoms with E-state index in [1.165, 1.54) is 22.2 Å². The second-order valence-corrected chi connectivity index (χ2v) is 21.3. The third kappa shape index (κ3) is 6.87. The molecule has 2 aliphatic heterocycles. The highest BCUT2D eigenvalue weighted by Crippen LogP contribution is 2.46. The number of pyridine rings is 1. The topological polar surface area (TPSA) is 45.1 Å². The number of aromatic nitrogens is 4. The van der Waals surface area contributed by atoms with E-state index in [4.69, 9.17) is 14.5 Å². The van der Waals surface area contributed by atoms with Gasteiger partial charge in [0, 0.05) is 28.5 Å². The smallest absolute Gasteiger partial charge is 0.269 e. The maximum atomic E-state index is 7.03. The minimum absolute atomic E-state index is 0.00243. The van der Waals surface area contributed by atoms with E-state index in [0.29, 0.717) is 0 Å². The second kappa shape index (κ2) is 16.6. The molecule has 5 heterocycles. The van der Waals surface area contributed by atoms with Gasteiger partial charge in [0.1, 0.15) is 28.8 Å². The number of hydrogen-bond acceptors (Lipinski definition) is 3. The highest BCUT2D eigenvalue weighted by molar-refractivity contribution is 6.97. The molecule has 14 rings (SSSR count). The molecule has 6 nitrogen and oxygen atoms in total. The normalized spacial score (nSPS) is 13.4. The van der Waals surface area contributed by atoms with Gasteiger partial charge in [0.05, 0.1) is 33.4 Å². The third-order valence-electron chi connectivity index (χ3n) is 15.5. The maximum absolute atomic E-state index is 7.03. The predicted octanol–water partition coefficient (Wildman–Crippen LogP) is 13.9. The fourth-order valence-electron chi connectivity index (χ4n) is 11.8. The van der Waals surface area contributed by atoms with Crippen LogP contribution < -0.4 is 30.4 Å². The van der Waals surface area contributed by atoms with Gasteiger partial charge in [-0.15, -0.1) is 0 Å². The standard InChI is InChI=1S/C67H51BN4O2/c1-66(2,3)45-36-37-69-63(38-45)72-57-35-30-46(68-55-25-12-14-28-61(55)74-62-29-15-13-26-56(62)68)39-52(57)51-33-31-47(40-59(51)72)73-48-32-34-53-60(41-48)71-42-70(58-27-17-24-54(65(58)71)67(53,4)5)64-49(43-18-8-6-9-19-43)22-16-23-50(64)44-20-10-7-11-21-44/h6-41H,1-5H3. The fourth-order valence-corrected chi connectivity index (χ4v) is 11.8. The first-order valence-electron chi connectivity index (χ1n) is 25.6. The van der Waals surface area contributed by atoms with Crippen molar-refractivity contribution in [3.63, 3.8) is 0 Å². The lowest BCUT2D eigenvalue weighted by atomic mass is 9.36. The van der Waals surface area contributed by atoms with E-state index < -0.39 is 0 Å². The van der Waals surface area contributed by atoms with Gasteiger partial charge in [-0.2, -0.15) is 0 Å². The number of nitrogens with zero attached hydrogens (tertiary/aromatic N) is 4.